The highest BCUT2D eigenvalue weighted by Crippen LogP contribution is 2.68. The number of benzene rings is 1. The average molecular weight is 322 g/mol. The van der Waals surface area contributed by atoms with Crippen LogP contribution < -0.4 is 0 Å². The number of hydrogen-bond acceptors (Lipinski definition) is 4. The van der Waals surface area contributed by atoms with Crippen LogP contribution in [0.1, 0.15) is 47.4 Å². The van der Waals surface area contributed by atoms with Crippen LogP contribution in [-0.2, 0) is 9.53 Å². The molecule has 5 atom stereocenters. The van der Waals surface area contributed by atoms with E-state index in [0.717, 1.165) is 19.1 Å². The quantitative estimate of drug-likeness (QED) is 0.746. The summed E-state index contributed by atoms with van der Waals surface area (Å²) in [4.78, 5) is 38.8. The number of rotatable bonds is 1. The Balaban J connectivity index is 1.89. The van der Waals surface area contributed by atoms with Gasteiger partial charge in [-0.3, -0.25) is 9.59 Å². The van der Waals surface area contributed by atoms with E-state index in [9.17, 15) is 14.4 Å². The maximum absolute atomic E-state index is 13.5. The van der Waals surface area contributed by atoms with Gasteiger partial charge in [-0.05, 0) is 32.6 Å². The average Bonchev–Trinajstić information content (AvgIpc) is 2.90. The third-order valence-electron chi connectivity index (χ3n) is 6.96. The monoisotopic (exact) mass is 322 g/mol. The summed E-state index contributed by atoms with van der Waals surface area (Å²) in [7, 11) is 0. The molecule has 0 N–H and O–H groups in total. The number of ketones is 2. The SMILES string of the molecule is CC12CC[C@H]3[C@@H]1C=C1C(=O)c4ccccc4C(=O)C1(O2)C3(C)C=O. The van der Waals surface area contributed by atoms with Crippen LogP contribution >= 0.6 is 0 Å². The lowest BCUT2D eigenvalue weighted by Gasteiger charge is -2.61. The number of fused-ring (bicyclic) bond motifs is 1. The summed E-state index contributed by atoms with van der Waals surface area (Å²) in [6.07, 6.45) is 4.45. The van der Waals surface area contributed by atoms with Crippen molar-refractivity contribution in [2.75, 3.05) is 0 Å². The lowest BCUT2D eigenvalue weighted by atomic mass is 9.49. The normalized spacial score (nSPS) is 44.8. The fourth-order valence-corrected chi connectivity index (χ4v) is 5.69. The molecule has 6 rings (SSSR count). The highest BCUT2D eigenvalue weighted by Gasteiger charge is 2.76. The highest BCUT2D eigenvalue weighted by molar-refractivity contribution is 6.28. The summed E-state index contributed by atoms with van der Waals surface area (Å²) in [6.45, 7) is 3.81. The first kappa shape index (κ1) is 14.3. The van der Waals surface area contributed by atoms with Gasteiger partial charge >= 0.3 is 0 Å². The minimum absolute atomic E-state index is 0.00610. The molecule has 1 spiro atoms. The molecule has 4 bridgehead atoms. The first-order valence-corrected chi connectivity index (χ1v) is 8.46. The minimum Gasteiger partial charge on any atom is -0.354 e. The molecular weight excluding hydrogens is 304 g/mol. The minimum atomic E-state index is -1.47. The Morgan fingerprint density at radius 2 is 1.88 bits per heavy atom. The van der Waals surface area contributed by atoms with Crippen LogP contribution in [0.25, 0.3) is 0 Å². The van der Waals surface area contributed by atoms with Gasteiger partial charge < -0.3 is 9.53 Å². The van der Waals surface area contributed by atoms with Crippen molar-refractivity contribution in [3.8, 4) is 0 Å². The molecule has 5 aliphatic rings. The molecule has 2 fully saturated rings. The molecule has 2 heterocycles. The summed E-state index contributed by atoms with van der Waals surface area (Å²) in [5.41, 5.74) is -1.78. The predicted octanol–water partition coefficient (Wildman–Crippen LogP) is 2.76. The molecule has 1 saturated carbocycles. The number of hydrogen-bond donors (Lipinski definition) is 0. The van der Waals surface area contributed by atoms with E-state index in [-0.39, 0.29) is 23.4 Å². The lowest BCUT2D eigenvalue weighted by molar-refractivity contribution is -0.219. The van der Waals surface area contributed by atoms with Crippen molar-refractivity contribution in [3.05, 3.63) is 47.0 Å². The zero-order valence-electron chi connectivity index (χ0n) is 13.7. The highest BCUT2D eigenvalue weighted by atomic mass is 16.5. The van der Waals surface area contributed by atoms with Gasteiger partial charge in [-0.15, -0.1) is 0 Å². The first-order valence-electron chi connectivity index (χ1n) is 8.46. The van der Waals surface area contributed by atoms with E-state index in [2.05, 4.69) is 0 Å². The molecule has 3 aliphatic carbocycles. The number of aldehydes is 1. The molecular formula is C20H18O4. The maximum Gasteiger partial charge on any atom is 0.201 e. The third-order valence-corrected chi connectivity index (χ3v) is 6.96. The van der Waals surface area contributed by atoms with Gasteiger partial charge in [-0.25, -0.2) is 0 Å². The molecule has 1 aromatic rings. The Bertz CT molecular complexity index is 868. The third kappa shape index (κ3) is 1.21. The Morgan fingerprint density at radius 3 is 2.58 bits per heavy atom. The van der Waals surface area contributed by atoms with Crippen LogP contribution in [0.4, 0.5) is 0 Å². The van der Waals surface area contributed by atoms with E-state index in [1.54, 1.807) is 31.2 Å². The van der Waals surface area contributed by atoms with Crippen LogP contribution in [-0.4, -0.2) is 29.1 Å². The lowest BCUT2D eigenvalue weighted by Crippen LogP contribution is -2.72. The van der Waals surface area contributed by atoms with Crippen LogP contribution in [0.5, 0.6) is 0 Å². The van der Waals surface area contributed by atoms with Crippen LogP contribution in [0, 0.1) is 17.3 Å². The Hall–Kier alpha value is -2.07. The first-order chi connectivity index (χ1) is 11.4. The molecule has 2 aliphatic heterocycles. The van der Waals surface area contributed by atoms with Crippen LogP contribution in [0.15, 0.2) is 35.9 Å². The Kier molecular flexibility index (Phi) is 2.35. The Labute approximate surface area is 139 Å². The summed E-state index contributed by atoms with van der Waals surface area (Å²) >= 11 is 0. The summed E-state index contributed by atoms with van der Waals surface area (Å²) < 4.78 is 6.43. The van der Waals surface area contributed by atoms with Gasteiger partial charge in [0.25, 0.3) is 0 Å². The van der Waals surface area contributed by atoms with E-state index in [4.69, 9.17) is 4.74 Å². The van der Waals surface area contributed by atoms with Crippen molar-refractivity contribution in [1.29, 1.82) is 0 Å². The van der Waals surface area contributed by atoms with E-state index in [0.29, 0.717) is 16.7 Å². The van der Waals surface area contributed by atoms with Gasteiger partial charge in [0.15, 0.2) is 11.4 Å². The van der Waals surface area contributed by atoms with Crippen molar-refractivity contribution in [2.24, 2.45) is 17.3 Å². The molecule has 0 aromatic heterocycles. The number of carbonyl (C=O) groups is 3. The molecule has 1 aromatic carbocycles. The van der Waals surface area contributed by atoms with Crippen LogP contribution in [0.2, 0.25) is 0 Å². The summed E-state index contributed by atoms with van der Waals surface area (Å²) in [6, 6.07) is 6.85. The van der Waals surface area contributed by atoms with Gasteiger partial charge in [0.05, 0.1) is 11.0 Å². The maximum atomic E-state index is 13.5. The summed E-state index contributed by atoms with van der Waals surface area (Å²) in [5, 5.41) is 0. The standard InChI is InChI=1S/C20H18O4/c1-18(10-21)13-7-8-19(2)14(13)9-15-16(22)11-5-3-4-6-12(11)17(23)20(15,18)24-19/h3-6,9-10,13-14H,7-8H2,1-2H3/t13-,14-,18?,19?,20?/m0/s1. The number of ether oxygens (including phenoxy) is 1. The topological polar surface area (TPSA) is 60.4 Å². The zero-order valence-corrected chi connectivity index (χ0v) is 13.7. The molecule has 0 amide bonds. The molecule has 3 unspecified atom stereocenters. The van der Waals surface area contributed by atoms with Gasteiger partial charge in [0, 0.05) is 22.6 Å². The molecule has 0 radical (unpaired) electrons. The molecule has 24 heavy (non-hydrogen) atoms. The van der Waals surface area contributed by atoms with Gasteiger partial charge in [-0.1, -0.05) is 30.3 Å². The van der Waals surface area contributed by atoms with Gasteiger partial charge in [0.1, 0.15) is 6.29 Å². The van der Waals surface area contributed by atoms with Crippen LogP contribution in [0.3, 0.4) is 0 Å². The van der Waals surface area contributed by atoms with Gasteiger partial charge in [0.2, 0.25) is 5.78 Å². The van der Waals surface area contributed by atoms with Crippen molar-refractivity contribution in [3.63, 3.8) is 0 Å². The zero-order chi connectivity index (χ0) is 16.9. The van der Waals surface area contributed by atoms with E-state index in [1.807, 2.05) is 13.0 Å². The van der Waals surface area contributed by atoms with Crippen molar-refractivity contribution < 1.29 is 19.1 Å². The van der Waals surface area contributed by atoms with Crippen molar-refractivity contribution in [1.82, 2.24) is 0 Å². The summed E-state index contributed by atoms with van der Waals surface area (Å²) in [5.74, 6) is -0.369. The van der Waals surface area contributed by atoms with Crippen molar-refractivity contribution in [2.45, 2.75) is 37.9 Å². The fourth-order valence-electron chi connectivity index (χ4n) is 5.69. The molecule has 1 saturated heterocycles. The second kappa shape index (κ2) is 3.94. The van der Waals surface area contributed by atoms with Gasteiger partial charge in [-0.2, -0.15) is 0 Å². The second-order valence-corrected chi connectivity index (χ2v) is 7.95. The molecule has 4 nitrogen and oxygen atoms in total. The number of Topliss-reactive ketones (excluding diaryl/α,β-unsaturated/α-hetero) is 2. The molecule has 4 heteroatoms. The number of carbonyl (C=O) groups excluding carboxylic acids is 3. The van der Waals surface area contributed by atoms with E-state index < -0.39 is 16.6 Å². The second-order valence-electron chi connectivity index (χ2n) is 7.95. The fraction of sp³-hybridized carbons (Fsp3) is 0.450. The molecule has 122 valence electrons. The largest absolute Gasteiger partial charge is 0.354 e. The predicted molar refractivity (Wildman–Crippen MR) is 85.8 cm³/mol. The Morgan fingerprint density at radius 1 is 1.17 bits per heavy atom. The van der Waals surface area contributed by atoms with E-state index in [1.165, 1.54) is 0 Å². The van der Waals surface area contributed by atoms with E-state index >= 15 is 0 Å². The van der Waals surface area contributed by atoms with Crippen molar-refractivity contribution >= 4 is 17.9 Å². The smallest absolute Gasteiger partial charge is 0.201 e.